The Hall–Kier alpha value is -1.03. The van der Waals surface area contributed by atoms with Gasteiger partial charge in [0.15, 0.2) is 5.78 Å². The molecular formula is C16H21BrO3. The summed E-state index contributed by atoms with van der Waals surface area (Å²) in [5.41, 5.74) is 0.690. The predicted molar refractivity (Wildman–Crippen MR) is 82.7 cm³/mol. The minimum absolute atomic E-state index is 0.0566. The average Bonchev–Trinajstić information content (AvgIpc) is 2.76. The van der Waals surface area contributed by atoms with Gasteiger partial charge in [0.05, 0.1) is 19.8 Å². The highest BCUT2D eigenvalue weighted by Gasteiger charge is 2.41. The van der Waals surface area contributed by atoms with Crippen LogP contribution in [0.25, 0.3) is 0 Å². The van der Waals surface area contributed by atoms with E-state index in [-0.39, 0.29) is 17.1 Å². The first-order chi connectivity index (χ1) is 9.40. The monoisotopic (exact) mass is 340 g/mol. The van der Waals surface area contributed by atoms with E-state index in [9.17, 15) is 4.79 Å². The zero-order valence-corrected chi connectivity index (χ0v) is 14.0. The number of ketones is 1. The molecule has 1 aliphatic rings. The summed E-state index contributed by atoms with van der Waals surface area (Å²) < 4.78 is 11.3. The van der Waals surface area contributed by atoms with Crippen LogP contribution in [0.3, 0.4) is 0 Å². The lowest BCUT2D eigenvalue weighted by molar-refractivity contribution is 0.0835. The van der Waals surface area contributed by atoms with E-state index in [0.717, 1.165) is 23.7 Å². The lowest BCUT2D eigenvalue weighted by Gasteiger charge is -2.26. The molecule has 4 heteroatoms. The van der Waals surface area contributed by atoms with E-state index in [2.05, 4.69) is 29.8 Å². The van der Waals surface area contributed by atoms with Crippen molar-refractivity contribution in [2.75, 3.05) is 14.2 Å². The fourth-order valence-corrected chi connectivity index (χ4v) is 3.68. The first-order valence-electron chi connectivity index (χ1n) is 6.86. The summed E-state index contributed by atoms with van der Waals surface area (Å²) in [4.78, 5) is 12.9. The van der Waals surface area contributed by atoms with Crippen LogP contribution >= 0.6 is 15.9 Å². The molecule has 3 nitrogen and oxygen atoms in total. The van der Waals surface area contributed by atoms with Crippen LogP contribution in [0.2, 0.25) is 0 Å². The van der Waals surface area contributed by atoms with Gasteiger partial charge in [-0.05, 0) is 40.3 Å². The molecule has 0 aromatic heterocycles. The van der Waals surface area contributed by atoms with Crippen molar-refractivity contribution in [3.8, 4) is 11.5 Å². The van der Waals surface area contributed by atoms with Crippen molar-refractivity contribution in [1.29, 1.82) is 0 Å². The van der Waals surface area contributed by atoms with E-state index in [4.69, 9.17) is 9.47 Å². The maximum absolute atomic E-state index is 12.9. The van der Waals surface area contributed by atoms with Gasteiger partial charge in [-0.25, -0.2) is 0 Å². The van der Waals surface area contributed by atoms with Crippen LogP contribution in [0.5, 0.6) is 11.5 Å². The van der Waals surface area contributed by atoms with E-state index in [1.54, 1.807) is 20.3 Å². The number of benzene rings is 1. The van der Waals surface area contributed by atoms with Crippen molar-refractivity contribution in [2.45, 2.75) is 33.1 Å². The normalized spacial score (nSPS) is 20.8. The smallest absolute Gasteiger partial charge is 0.171 e. The second kappa shape index (κ2) is 5.76. The van der Waals surface area contributed by atoms with Gasteiger partial charge >= 0.3 is 0 Å². The highest BCUT2D eigenvalue weighted by molar-refractivity contribution is 9.10. The van der Waals surface area contributed by atoms with Gasteiger partial charge < -0.3 is 9.47 Å². The third kappa shape index (κ3) is 2.71. The van der Waals surface area contributed by atoms with Crippen LogP contribution < -0.4 is 9.47 Å². The Morgan fingerprint density at radius 2 is 2.00 bits per heavy atom. The standard InChI is InChI=1S/C16H21BrO3/c1-16(2)7-5-6-11(16)15(18)14-12(17)8-10(19-3)9-13(14)20-4/h8-9,11H,5-7H2,1-4H3. The zero-order chi connectivity index (χ0) is 14.9. The summed E-state index contributed by atoms with van der Waals surface area (Å²) in [7, 11) is 3.18. The summed E-state index contributed by atoms with van der Waals surface area (Å²) in [5.74, 6) is 1.47. The Labute approximate surface area is 128 Å². The van der Waals surface area contributed by atoms with Crippen molar-refractivity contribution in [2.24, 2.45) is 11.3 Å². The molecule has 0 amide bonds. The molecule has 1 saturated carbocycles. The van der Waals surface area contributed by atoms with Crippen LogP contribution in [0.1, 0.15) is 43.5 Å². The molecule has 0 bridgehead atoms. The first kappa shape index (κ1) is 15.4. The number of hydrogen-bond donors (Lipinski definition) is 0. The molecule has 1 atom stereocenters. The highest BCUT2D eigenvalue weighted by Crippen LogP contribution is 2.46. The van der Waals surface area contributed by atoms with Crippen LogP contribution in [-0.4, -0.2) is 20.0 Å². The summed E-state index contributed by atoms with van der Waals surface area (Å²) in [6, 6.07) is 3.58. The Morgan fingerprint density at radius 3 is 2.50 bits per heavy atom. The highest BCUT2D eigenvalue weighted by atomic mass is 79.9. The van der Waals surface area contributed by atoms with Gasteiger partial charge in [-0.15, -0.1) is 0 Å². The van der Waals surface area contributed by atoms with Gasteiger partial charge in [0.1, 0.15) is 11.5 Å². The molecule has 20 heavy (non-hydrogen) atoms. The Bertz CT molecular complexity index is 523. The molecule has 0 heterocycles. The quantitative estimate of drug-likeness (QED) is 0.758. The largest absolute Gasteiger partial charge is 0.497 e. The summed E-state index contributed by atoms with van der Waals surface area (Å²) in [6.45, 7) is 4.35. The fraction of sp³-hybridized carbons (Fsp3) is 0.562. The summed E-state index contributed by atoms with van der Waals surface area (Å²) in [6.07, 6.45) is 3.16. The van der Waals surface area contributed by atoms with Gasteiger partial charge in [0.2, 0.25) is 0 Å². The lowest BCUT2D eigenvalue weighted by Crippen LogP contribution is -2.26. The number of ether oxygens (including phenoxy) is 2. The van der Waals surface area contributed by atoms with Gasteiger partial charge in [0.25, 0.3) is 0 Å². The number of Topliss-reactive ketones (excluding diaryl/α,β-unsaturated/α-hetero) is 1. The van der Waals surface area contributed by atoms with E-state index in [1.165, 1.54) is 0 Å². The second-order valence-corrected chi connectivity index (χ2v) is 6.84. The Balaban J connectivity index is 2.44. The summed E-state index contributed by atoms with van der Waals surface area (Å²) >= 11 is 3.48. The molecule has 110 valence electrons. The van der Waals surface area contributed by atoms with Crippen LogP contribution in [0.4, 0.5) is 0 Å². The van der Waals surface area contributed by atoms with Crippen molar-refractivity contribution < 1.29 is 14.3 Å². The Morgan fingerprint density at radius 1 is 1.30 bits per heavy atom. The number of hydrogen-bond acceptors (Lipinski definition) is 3. The van der Waals surface area contributed by atoms with Crippen LogP contribution in [0, 0.1) is 11.3 Å². The Kier molecular flexibility index (Phi) is 4.43. The second-order valence-electron chi connectivity index (χ2n) is 5.98. The van der Waals surface area contributed by atoms with Crippen LogP contribution in [0.15, 0.2) is 16.6 Å². The SMILES string of the molecule is COc1cc(Br)c(C(=O)C2CCCC2(C)C)c(OC)c1. The fourth-order valence-electron chi connectivity index (χ4n) is 3.06. The maximum atomic E-state index is 12.9. The topological polar surface area (TPSA) is 35.5 Å². The van der Waals surface area contributed by atoms with Crippen molar-refractivity contribution in [3.63, 3.8) is 0 Å². The first-order valence-corrected chi connectivity index (χ1v) is 7.65. The molecule has 1 aromatic rings. The number of carbonyl (C=O) groups excluding carboxylic acids is 1. The average molecular weight is 341 g/mol. The minimum atomic E-state index is 0.0566. The molecule has 1 unspecified atom stereocenters. The molecule has 0 aliphatic heterocycles. The van der Waals surface area contributed by atoms with Gasteiger partial charge in [0, 0.05) is 16.5 Å². The number of rotatable bonds is 4. The lowest BCUT2D eigenvalue weighted by atomic mass is 9.77. The molecule has 0 radical (unpaired) electrons. The van der Waals surface area contributed by atoms with E-state index in [0.29, 0.717) is 17.1 Å². The molecule has 0 saturated heterocycles. The van der Waals surface area contributed by atoms with E-state index < -0.39 is 0 Å². The predicted octanol–water partition coefficient (Wildman–Crippen LogP) is 4.48. The summed E-state index contributed by atoms with van der Waals surface area (Å²) in [5, 5.41) is 0. The molecule has 1 fully saturated rings. The van der Waals surface area contributed by atoms with Gasteiger partial charge in [-0.3, -0.25) is 4.79 Å². The van der Waals surface area contributed by atoms with E-state index in [1.807, 2.05) is 6.07 Å². The maximum Gasteiger partial charge on any atom is 0.171 e. The zero-order valence-electron chi connectivity index (χ0n) is 12.5. The van der Waals surface area contributed by atoms with Crippen LogP contribution in [-0.2, 0) is 0 Å². The van der Waals surface area contributed by atoms with Gasteiger partial charge in [-0.1, -0.05) is 20.3 Å². The molecule has 0 N–H and O–H groups in total. The minimum Gasteiger partial charge on any atom is -0.497 e. The number of halogens is 1. The molecular weight excluding hydrogens is 320 g/mol. The van der Waals surface area contributed by atoms with Crippen molar-refractivity contribution in [1.82, 2.24) is 0 Å². The molecule has 0 spiro atoms. The van der Waals surface area contributed by atoms with Crippen molar-refractivity contribution in [3.05, 3.63) is 22.2 Å². The molecule has 1 aliphatic carbocycles. The molecule has 2 rings (SSSR count). The number of methoxy groups -OCH3 is 2. The number of carbonyl (C=O) groups is 1. The molecule has 1 aromatic carbocycles. The third-order valence-electron chi connectivity index (χ3n) is 4.30. The van der Waals surface area contributed by atoms with Gasteiger partial charge in [-0.2, -0.15) is 0 Å². The van der Waals surface area contributed by atoms with Crippen molar-refractivity contribution >= 4 is 21.7 Å². The third-order valence-corrected chi connectivity index (χ3v) is 4.93. The van der Waals surface area contributed by atoms with E-state index >= 15 is 0 Å².